The fraction of sp³-hybridized carbons (Fsp3) is 0.300. The maximum Gasteiger partial charge on any atom is 0.0229 e. The van der Waals surface area contributed by atoms with Crippen molar-refractivity contribution in [3.05, 3.63) is 38.0 Å². The minimum absolute atomic E-state index is 0.981. The Morgan fingerprint density at radius 2 is 1.62 bits per heavy atom. The molecule has 1 radical (unpaired) electrons. The smallest absolute Gasteiger partial charge is 0.0229 e. The average Bonchev–Trinajstić information content (AvgIpc) is 2.02. The van der Waals surface area contributed by atoms with E-state index in [9.17, 15) is 0 Å². The monoisotopic (exact) mass is 367 g/mol. The summed E-state index contributed by atoms with van der Waals surface area (Å²) in [6.45, 7) is 3.84. The van der Waals surface area contributed by atoms with E-state index >= 15 is 0 Å². The van der Waals surface area contributed by atoms with Crippen molar-refractivity contribution in [2.45, 2.75) is 19.3 Å². The highest BCUT2D eigenvalue weighted by molar-refractivity contribution is 9.11. The topological polar surface area (TPSA) is 0 Å². The first kappa shape index (κ1) is 11.7. The van der Waals surface area contributed by atoms with Gasteiger partial charge in [-0.2, -0.15) is 0 Å². The van der Waals surface area contributed by atoms with E-state index in [1.54, 1.807) is 0 Å². The fourth-order valence-electron chi connectivity index (χ4n) is 1.11. The van der Waals surface area contributed by atoms with Crippen molar-refractivity contribution in [3.8, 4) is 0 Å². The quantitative estimate of drug-likeness (QED) is 0.692. The van der Waals surface area contributed by atoms with Crippen LogP contribution >= 0.6 is 47.8 Å². The van der Waals surface area contributed by atoms with Crippen LogP contribution in [0.15, 0.2) is 25.6 Å². The van der Waals surface area contributed by atoms with Gasteiger partial charge in [0.15, 0.2) is 0 Å². The SMILES string of the molecule is [CH2]CCCc1c(Br)cc(Br)cc1Br. The van der Waals surface area contributed by atoms with E-state index in [4.69, 9.17) is 0 Å². The van der Waals surface area contributed by atoms with Crippen molar-refractivity contribution >= 4 is 47.8 Å². The molecule has 3 heteroatoms. The molecule has 0 aliphatic carbocycles. The zero-order valence-electron chi connectivity index (χ0n) is 7.12. The lowest BCUT2D eigenvalue weighted by molar-refractivity contribution is 0.834. The molecule has 1 rings (SSSR count). The molecule has 0 N–H and O–H groups in total. The van der Waals surface area contributed by atoms with Gasteiger partial charge in [0.1, 0.15) is 0 Å². The molecule has 0 aromatic heterocycles. The number of halogens is 3. The van der Waals surface area contributed by atoms with Gasteiger partial charge in [-0.15, -0.1) is 0 Å². The molecule has 1 aromatic carbocycles. The van der Waals surface area contributed by atoms with Crippen LogP contribution in [0.4, 0.5) is 0 Å². The minimum atomic E-state index is 0.981. The van der Waals surface area contributed by atoms with E-state index in [-0.39, 0.29) is 0 Å². The van der Waals surface area contributed by atoms with Gasteiger partial charge in [0.2, 0.25) is 0 Å². The maximum atomic E-state index is 3.84. The molecule has 0 aliphatic rings. The Morgan fingerprint density at radius 1 is 1.08 bits per heavy atom. The van der Waals surface area contributed by atoms with E-state index in [2.05, 4.69) is 66.8 Å². The summed E-state index contributed by atoms with van der Waals surface area (Å²) >= 11 is 10.5. The second-order valence-corrected chi connectivity index (χ2v) is 5.43. The van der Waals surface area contributed by atoms with Crippen LogP contribution in [0.3, 0.4) is 0 Å². The van der Waals surface area contributed by atoms with E-state index in [1.165, 1.54) is 5.56 Å². The molecule has 13 heavy (non-hydrogen) atoms. The molecule has 0 atom stereocenters. The van der Waals surface area contributed by atoms with Crippen LogP contribution in [0.1, 0.15) is 18.4 Å². The third kappa shape index (κ3) is 3.37. The molecule has 0 unspecified atom stereocenters. The summed E-state index contributed by atoms with van der Waals surface area (Å²) < 4.78 is 3.40. The summed E-state index contributed by atoms with van der Waals surface area (Å²) in [6, 6.07) is 4.15. The third-order valence-corrected chi connectivity index (χ3v) is 3.66. The molecular weight excluding hydrogens is 360 g/mol. The maximum absolute atomic E-state index is 3.84. The van der Waals surface area contributed by atoms with Crippen LogP contribution in [0, 0.1) is 6.92 Å². The molecule has 0 heterocycles. The van der Waals surface area contributed by atoms with Gasteiger partial charge < -0.3 is 0 Å². The third-order valence-electron chi connectivity index (χ3n) is 1.78. The van der Waals surface area contributed by atoms with Crippen molar-refractivity contribution in [2.75, 3.05) is 0 Å². The lowest BCUT2D eigenvalue weighted by atomic mass is 10.1. The highest BCUT2D eigenvalue weighted by Crippen LogP contribution is 2.30. The number of hydrogen-bond acceptors (Lipinski definition) is 0. The summed E-state index contributed by atoms with van der Waals surface area (Å²) in [5.41, 5.74) is 1.33. The molecule has 0 fully saturated rings. The molecular formula is C10H10Br3. The van der Waals surface area contributed by atoms with Crippen LogP contribution in [0.25, 0.3) is 0 Å². The molecule has 0 saturated heterocycles. The Balaban J connectivity index is 2.92. The number of benzene rings is 1. The van der Waals surface area contributed by atoms with Crippen molar-refractivity contribution in [1.82, 2.24) is 0 Å². The van der Waals surface area contributed by atoms with Gasteiger partial charge in [-0.25, -0.2) is 0 Å². The Labute approximate surface area is 104 Å². The predicted octanol–water partition coefficient (Wildman–Crippen LogP) is 5.13. The second-order valence-electron chi connectivity index (χ2n) is 2.81. The summed E-state index contributed by atoms with van der Waals surface area (Å²) in [7, 11) is 0. The Bertz CT molecular complexity index is 271. The van der Waals surface area contributed by atoms with Crippen molar-refractivity contribution < 1.29 is 0 Å². The zero-order valence-corrected chi connectivity index (χ0v) is 11.9. The Hall–Kier alpha value is 0.660. The van der Waals surface area contributed by atoms with Gasteiger partial charge in [-0.3, -0.25) is 0 Å². The number of hydrogen-bond donors (Lipinski definition) is 0. The van der Waals surface area contributed by atoms with Crippen LogP contribution in [0.2, 0.25) is 0 Å². The lowest BCUT2D eigenvalue weighted by Crippen LogP contribution is -1.88. The minimum Gasteiger partial charge on any atom is -0.0533 e. The normalized spacial score (nSPS) is 10.5. The van der Waals surface area contributed by atoms with E-state index < -0.39 is 0 Å². The number of rotatable bonds is 3. The van der Waals surface area contributed by atoms with Crippen LogP contribution in [0.5, 0.6) is 0 Å². The van der Waals surface area contributed by atoms with E-state index in [1.807, 2.05) is 0 Å². The molecule has 0 bridgehead atoms. The van der Waals surface area contributed by atoms with Gasteiger partial charge in [0.25, 0.3) is 0 Å². The average molecular weight is 370 g/mol. The molecule has 0 saturated carbocycles. The largest absolute Gasteiger partial charge is 0.0533 e. The van der Waals surface area contributed by atoms with Gasteiger partial charge in [0.05, 0.1) is 0 Å². The summed E-state index contributed by atoms with van der Waals surface area (Å²) in [6.07, 6.45) is 3.17. The van der Waals surface area contributed by atoms with Gasteiger partial charge in [0, 0.05) is 13.4 Å². The summed E-state index contributed by atoms with van der Waals surface area (Å²) in [5, 5.41) is 0. The lowest BCUT2D eigenvalue weighted by Gasteiger charge is -2.07. The van der Waals surface area contributed by atoms with Gasteiger partial charge in [-0.05, 0) is 30.5 Å². The predicted molar refractivity (Wildman–Crippen MR) is 67.8 cm³/mol. The highest BCUT2D eigenvalue weighted by Gasteiger charge is 2.05. The summed E-state index contributed by atoms with van der Waals surface area (Å²) in [4.78, 5) is 0. The molecule has 1 aromatic rings. The van der Waals surface area contributed by atoms with E-state index in [0.29, 0.717) is 0 Å². The Morgan fingerprint density at radius 3 is 2.08 bits per heavy atom. The van der Waals surface area contributed by atoms with Crippen LogP contribution in [-0.4, -0.2) is 0 Å². The molecule has 0 aliphatic heterocycles. The Kier molecular flexibility index (Phi) is 4.98. The summed E-state index contributed by atoms with van der Waals surface area (Å²) in [5.74, 6) is 0. The first-order chi connectivity index (χ1) is 6.15. The molecule has 0 amide bonds. The van der Waals surface area contributed by atoms with Crippen LogP contribution < -0.4 is 0 Å². The first-order valence-electron chi connectivity index (χ1n) is 4.08. The van der Waals surface area contributed by atoms with Crippen LogP contribution in [-0.2, 0) is 6.42 Å². The fourth-order valence-corrected chi connectivity index (χ4v) is 3.77. The standard InChI is InChI=1S/C10H10Br3/c1-2-3-4-8-9(12)5-7(11)6-10(8)13/h5-6H,1-4H2. The van der Waals surface area contributed by atoms with Crippen molar-refractivity contribution in [3.63, 3.8) is 0 Å². The van der Waals surface area contributed by atoms with Gasteiger partial charge in [-0.1, -0.05) is 61.1 Å². The number of unbranched alkanes of at least 4 members (excludes halogenated alkanes) is 1. The molecule has 0 nitrogen and oxygen atoms in total. The molecule has 71 valence electrons. The molecule has 0 spiro atoms. The van der Waals surface area contributed by atoms with Crippen molar-refractivity contribution in [1.29, 1.82) is 0 Å². The van der Waals surface area contributed by atoms with Gasteiger partial charge >= 0.3 is 0 Å². The van der Waals surface area contributed by atoms with Crippen molar-refractivity contribution in [2.24, 2.45) is 0 Å². The zero-order chi connectivity index (χ0) is 9.84. The first-order valence-corrected chi connectivity index (χ1v) is 6.45. The van der Waals surface area contributed by atoms with E-state index in [0.717, 1.165) is 32.7 Å². The highest BCUT2D eigenvalue weighted by atomic mass is 79.9. The second kappa shape index (κ2) is 5.52.